The van der Waals surface area contributed by atoms with Gasteiger partial charge >= 0.3 is 5.97 Å². The van der Waals surface area contributed by atoms with E-state index in [2.05, 4.69) is 18.3 Å². The zero-order valence-electron chi connectivity index (χ0n) is 24.6. The van der Waals surface area contributed by atoms with Crippen LogP contribution in [0.1, 0.15) is 69.1 Å². The fourth-order valence-corrected chi connectivity index (χ4v) is 5.87. The summed E-state index contributed by atoms with van der Waals surface area (Å²) in [6, 6.07) is 21.3. The second-order valence-corrected chi connectivity index (χ2v) is 11.1. The molecule has 0 saturated heterocycles. The van der Waals surface area contributed by atoms with Crippen molar-refractivity contribution in [3.05, 3.63) is 83.4 Å². The maximum absolute atomic E-state index is 11.7. The molecule has 1 unspecified atom stereocenters. The first-order valence-electron chi connectivity index (χ1n) is 15.0. The quantitative estimate of drug-likeness (QED) is 0.179. The van der Waals surface area contributed by atoms with E-state index < -0.39 is 0 Å². The molecule has 0 spiro atoms. The van der Waals surface area contributed by atoms with Crippen molar-refractivity contribution in [2.45, 2.75) is 58.5 Å². The van der Waals surface area contributed by atoms with Gasteiger partial charge in [0.25, 0.3) is 0 Å². The molecule has 5 rings (SSSR count). The fourth-order valence-electron chi connectivity index (χ4n) is 5.87. The Kier molecular flexibility index (Phi) is 10.0. The van der Waals surface area contributed by atoms with Crippen LogP contribution in [0.4, 0.5) is 0 Å². The highest BCUT2D eigenvalue weighted by Crippen LogP contribution is 2.40. The summed E-state index contributed by atoms with van der Waals surface area (Å²) in [4.78, 5) is 11.7. The van der Waals surface area contributed by atoms with Gasteiger partial charge in [0.1, 0.15) is 24.2 Å². The number of esters is 1. The van der Waals surface area contributed by atoms with Gasteiger partial charge in [0.05, 0.1) is 0 Å². The third-order valence-corrected chi connectivity index (χ3v) is 7.97. The number of aromatic hydroxyl groups is 1. The lowest BCUT2D eigenvalue weighted by atomic mass is 9.88. The first-order valence-corrected chi connectivity index (χ1v) is 15.0. The third kappa shape index (κ3) is 7.65. The Bertz CT molecular complexity index is 1360. The highest BCUT2D eigenvalue weighted by molar-refractivity contribution is 5.99. The van der Waals surface area contributed by atoms with Crippen LogP contribution < -0.4 is 19.5 Å². The van der Waals surface area contributed by atoms with E-state index in [1.54, 1.807) is 12.1 Å². The van der Waals surface area contributed by atoms with E-state index in [0.29, 0.717) is 18.2 Å². The van der Waals surface area contributed by atoms with Crippen molar-refractivity contribution >= 4 is 17.1 Å². The molecule has 1 heterocycles. The summed E-state index contributed by atoms with van der Waals surface area (Å²) in [5.74, 6) is 2.80. The molecule has 7 nitrogen and oxygen atoms in total. The van der Waals surface area contributed by atoms with Crippen LogP contribution in [0.3, 0.4) is 0 Å². The standard InChI is InChI=1S/C35H41NO6/c1-3-32(28-13-18-33-34(19-28)41-23-40-33)35(26-9-14-29(38)15-10-26)27-11-16-30(17-12-27)39-22-31(42-24(2)37)21-36-20-25-7-5-4-6-8-25/h9-19,25,31,36,38H,3-8,20-23H2,1-2H3/b35-32-. The number of benzene rings is 3. The zero-order valence-corrected chi connectivity index (χ0v) is 24.6. The highest BCUT2D eigenvalue weighted by atomic mass is 16.7. The maximum Gasteiger partial charge on any atom is 0.303 e. The summed E-state index contributed by atoms with van der Waals surface area (Å²) in [5.41, 5.74) is 5.28. The number of ether oxygens (including phenoxy) is 4. The van der Waals surface area contributed by atoms with Gasteiger partial charge in [-0.3, -0.25) is 4.79 Å². The minimum atomic E-state index is -0.365. The van der Waals surface area contributed by atoms with E-state index in [1.165, 1.54) is 39.0 Å². The molecule has 7 heteroatoms. The number of rotatable bonds is 12. The van der Waals surface area contributed by atoms with Gasteiger partial charge in [-0.1, -0.05) is 56.5 Å². The van der Waals surface area contributed by atoms with Gasteiger partial charge in [0.15, 0.2) is 11.5 Å². The molecule has 1 atom stereocenters. The minimum absolute atomic E-state index is 0.221. The zero-order chi connectivity index (χ0) is 29.3. The van der Waals surface area contributed by atoms with E-state index in [-0.39, 0.29) is 31.2 Å². The molecule has 1 aliphatic carbocycles. The number of nitrogens with one attached hydrogen (secondary N) is 1. The van der Waals surface area contributed by atoms with Crippen molar-refractivity contribution in [3.63, 3.8) is 0 Å². The monoisotopic (exact) mass is 571 g/mol. The maximum atomic E-state index is 11.7. The highest BCUT2D eigenvalue weighted by Gasteiger charge is 2.19. The normalized spacial score (nSPS) is 16.0. The van der Waals surface area contributed by atoms with Crippen LogP contribution in [0.15, 0.2) is 66.7 Å². The second-order valence-electron chi connectivity index (χ2n) is 11.1. The Morgan fingerprint density at radius 2 is 1.60 bits per heavy atom. The first-order chi connectivity index (χ1) is 20.5. The number of carbonyl (C=O) groups excluding carboxylic acids is 1. The SMILES string of the molecule is CC/C(=C(\c1ccc(O)cc1)c1ccc(OCC(CNCC2CCCCC2)OC(C)=O)cc1)c1ccc2c(c1)OCO2. The third-order valence-electron chi connectivity index (χ3n) is 7.97. The number of phenolic OH excluding ortho intramolecular Hbond substituents is 1. The molecule has 0 aromatic heterocycles. The van der Waals surface area contributed by atoms with Crippen molar-refractivity contribution in [2.24, 2.45) is 5.92 Å². The Morgan fingerprint density at radius 3 is 2.29 bits per heavy atom. The van der Waals surface area contributed by atoms with Crippen molar-refractivity contribution in [2.75, 3.05) is 26.5 Å². The lowest BCUT2D eigenvalue weighted by Gasteiger charge is -2.24. The Morgan fingerprint density at radius 1 is 0.929 bits per heavy atom. The minimum Gasteiger partial charge on any atom is -0.508 e. The van der Waals surface area contributed by atoms with Crippen LogP contribution in [-0.4, -0.2) is 43.7 Å². The summed E-state index contributed by atoms with van der Waals surface area (Å²) in [5, 5.41) is 13.4. The van der Waals surface area contributed by atoms with Gasteiger partial charge in [-0.25, -0.2) is 0 Å². The molecule has 0 bridgehead atoms. The van der Waals surface area contributed by atoms with Gasteiger partial charge in [0.2, 0.25) is 6.79 Å². The molecule has 1 saturated carbocycles. The molecule has 222 valence electrons. The molecular formula is C35H41NO6. The summed E-state index contributed by atoms with van der Waals surface area (Å²) >= 11 is 0. The lowest BCUT2D eigenvalue weighted by molar-refractivity contribution is -0.147. The molecule has 0 radical (unpaired) electrons. The van der Waals surface area contributed by atoms with Crippen molar-refractivity contribution < 1.29 is 28.8 Å². The average Bonchev–Trinajstić information content (AvgIpc) is 3.48. The van der Waals surface area contributed by atoms with Gasteiger partial charge < -0.3 is 29.4 Å². The lowest BCUT2D eigenvalue weighted by Crippen LogP contribution is -2.37. The number of phenols is 1. The molecule has 0 amide bonds. The molecular weight excluding hydrogens is 530 g/mol. The van der Waals surface area contributed by atoms with Crippen LogP contribution in [0.5, 0.6) is 23.0 Å². The van der Waals surface area contributed by atoms with E-state index in [0.717, 1.165) is 52.3 Å². The van der Waals surface area contributed by atoms with E-state index >= 15 is 0 Å². The van der Waals surface area contributed by atoms with Gasteiger partial charge in [0, 0.05) is 13.5 Å². The Hall–Kier alpha value is -3.97. The van der Waals surface area contributed by atoms with Crippen LogP contribution in [-0.2, 0) is 9.53 Å². The molecule has 3 aromatic rings. The molecule has 2 aliphatic rings. The molecule has 1 aliphatic heterocycles. The number of carbonyl (C=O) groups is 1. The van der Waals surface area contributed by atoms with Crippen LogP contribution in [0.25, 0.3) is 11.1 Å². The Balaban J connectivity index is 1.33. The molecule has 2 N–H and O–H groups in total. The largest absolute Gasteiger partial charge is 0.508 e. The molecule has 1 fully saturated rings. The van der Waals surface area contributed by atoms with Crippen LogP contribution >= 0.6 is 0 Å². The number of fused-ring (bicyclic) bond motifs is 1. The summed E-state index contributed by atoms with van der Waals surface area (Å²) < 4.78 is 22.8. The smallest absolute Gasteiger partial charge is 0.303 e. The number of hydrogen-bond acceptors (Lipinski definition) is 7. The van der Waals surface area contributed by atoms with Crippen LogP contribution in [0, 0.1) is 5.92 Å². The average molecular weight is 572 g/mol. The predicted octanol–water partition coefficient (Wildman–Crippen LogP) is 6.97. The predicted molar refractivity (Wildman–Crippen MR) is 164 cm³/mol. The fraction of sp³-hybridized carbons (Fsp3) is 0.400. The summed E-state index contributed by atoms with van der Waals surface area (Å²) in [6.07, 6.45) is 6.90. The topological polar surface area (TPSA) is 86.2 Å². The van der Waals surface area contributed by atoms with E-state index in [4.69, 9.17) is 18.9 Å². The van der Waals surface area contributed by atoms with Crippen molar-refractivity contribution in [1.82, 2.24) is 5.32 Å². The summed E-state index contributed by atoms with van der Waals surface area (Å²) in [7, 11) is 0. The second kappa shape index (κ2) is 14.3. The van der Waals surface area contributed by atoms with Gasteiger partial charge in [-0.05, 0) is 96.0 Å². The van der Waals surface area contributed by atoms with Gasteiger partial charge in [-0.2, -0.15) is 0 Å². The number of hydrogen-bond donors (Lipinski definition) is 2. The van der Waals surface area contributed by atoms with Gasteiger partial charge in [-0.15, -0.1) is 0 Å². The molecule has 42 heavy (non-hydrogen) atoms. The Labute approximate surface area is 248 Å². The van der Waals surface area contributed by atoms with Crippen LogP contribution in [0.2, 0.25) is 0 Å². The first kappa shape index (κ1) is 29.5. The van der Waals surface area contributed by atoms with Crippen molar-refractivity contribution in [3.8, 4) is 23.0 Å². The van der Waals surface area contributed by atoms with E-state index in [1.807, 2.05) is 48.5 Å². The van der Waals surface area contributed by atoms with E-state index in [9.17, 15) is 9.90 Å². The summed E-state index contributed by atoms with van der Waals surface area (Å²) in [6.45, 7) is 5.58. The molecule has 3 aromatic carbocycles. The van der Waals surface area contributed by atoms with Crippen molar-refractivity contribution in [1.29, 1.82) is 0 Å². The number of allylic oxidation sites excluding steroid dienone is 1.